The Morgan fingerprint density at radius 1 is 1.03 bits per heavy atom. The van der Waals surface area contributed by atoms with Crippen LogP contribution in [0.5, 0.6) is 5.75 Å². The van der Waals surface area contributed by atoms with E-state index in [1.165, 1.54) is 36.8 Å². The zero-order chi connectivity index (χ0) is 26.0. The maximum Gasteiger partial charge on any atom is 0.254 e. The van der Waals surface area contributed by atoms with E-state index < -0.39 is 11.9 Å². The first-order chi connectivity index (χ1) is 17.8. The molecule has 2 amide bonds. The summed E-state index contributed by atoms with van der Waals surface area (Å²) in [4.78, 5) is 28.6. The minimum atomic E-state index is -0.555. The van der Waals surface area contributed by atoms with Crippen molar-refractivity contribution in [3.63, 3.8) is 0 Å². The molecule has 2 heterocycles. The zero-order valence-corrected chi connectivity index (χ0v) is 21.8. The first-order valence-corrected chi connectivity index (χ1v) is 13.7. The van der Waals surface area contributed by atoms with Gasteiger partial charge in [-0.05, 0) is 92.8 Å². The lowest BCUT2D eigenvalue weighted by Crippen LogP contribution is -2.44. The van der Waals surface area contributed by atoms with Crippen LogP contribution in [-0.4, -0.2) is 60.4 Å². The molecule has 6 nitrogen and oxygen atoms in total. The molecule has 2 aromatic carbocycles. The lowest BCUT2D eigenvalue weighted by Gasteiger charge is -2.44. The van der Waals surface area contributed by atoms with Gasteiger partial charge in [0.15, 0.2) is 0 Å². The first kappa shape index (κ1) is 25.7. The van der Waals surface area contributed by atoms with Crippen molar-refractivity contribution in [1.82, 2.24) is 9.80 Å². The van der Waals surface area contributed by atoms with Crippen molar-refractivity contribution in [3.8, 4) is 16.9 Å². The maximum absolute atomic E-state index is 15.0. The smallest absolute Gasteiger partial charge is 0.254 e. The standard InChI is InChI=1S/C30H38FN3O3/c1-30(13-3-14-30)20-33-16-11-21(12-17-33)19-37-24-9-10-25(26(31)18-24)22-5-7-23(8-6-22)29(36)34-15-2-4-27(34)28(32)35/h5-10,18,21,27H,2-4,11-17,19-20H2,1H3,(H2,32,35)/t27-/m0/s1. The predicted octanol–water partition coefficient (Wildman–Crippen LogP) is 4.86. The fourth-order valence-corrected chi connectivity index (χ4v) is 6.09. The lowest BCUT2D eigenvalue weighted by atomic mass is 9.70. The molecule has 3 fully saturated rings. The van der Waals surface area contributed by atoms with Gasteiger partial charge in [0.2, 0.25) is 5.91 Å². The Hall–Kier alpha value is -2.93. The molecule has 0 unspecified atom stereocenters. The van der Waals surface area contributed by atoms with Gasteiger partial charge in [-0.1, -0.05) is 25.5 Å². The number of carbonyl (C=O) groups is 2. The van der Waals surface area contributed by atoms with Gasteiger partial charge >= 0.3 is 0 Å². The number of piperidine rings is 1. The van der Waals surface area contributed by atoms with Crippen molar-refractivity contribution in [1.29, 1.82) is 0 Å². The SMILES string of the molecule is CC1(CN2CCC(COc3ccc(-c4ccc(C(=O)N5CCC[C@H]5C(N)=O)cc4)c(F)c3)CC2)CCC1. The van der Waals surface area contributed by atoms with E-state index in [1.807, 2.05) is 6.07 Å². The number of rotatable bonds is 8. The predicted molar refractivity (Wildman–Crippen MR) is 142 cm³/mol. The summed E-state index contributed by atoms with van der Waals surface area (Å²) in [6, 6.07) is 11.3. The summed E-state index contributed by atoms with van der Waals surface area (Å²) in [5.74, 6) is -0.00343. The summed E-state index contributed by atoms with van der Waals surface area (Å²) in [5.41, 5.74) is 7.57. The van der Waals surface area contributed by atoms with Crippen LogP contribution in [-0.2, 0) is 4.79 Å². The lowest BCUT2D eigenvalue weighted by molar-refractivity contribution is -0.121. The van der Waals surface area contributed by atoms with Gasteiger partial charge in [-0.2, -0.15) is 0 Å². The van der Waals surface area contributed by atoms with Gasteiger partial charge in [-0.25, -0.2) is 4.39 Å². The van der Waals surface area contributed by atoms with E-state index >= 15 is 0 Å². The number of benzene rings is 2. The molecule has 2 aromatic rings. The number of nitrogens with zero attached hydrogens (tertiary/aromatic N) is 2. The number of likely N-dealkylation sites (tertiary alicyclic amines) is 2. The van der Waals surface area contributed by atoms with Crippen molar-refractivity contribution in [3.05, 3.63) is 53.8 Å². The quantitative estimate of drug-likeness (QED) is 0.554. The van der Waals surface area contributed by atoms with Gasteiger partial charge in [0.25, 0.3) is 5.91 Å². The third-order valence-electron chi connectivity index (χ3n) is 8.58. The summed E-state index contributed by atoms with van der Waals surface area (Å²) in [6.45, 7) is 7.00. The van der Waals surface area contributed by atoms with Gasteiger partial charge in [0, 0.05) is 30.3 Å². The second kappa shape index (κ2) is 10.8. The largest absolute Gasteiger partial charge is 0.493 e. The van der Waals surface area contributed by atoms with Crippen molar-refractivity contribution in [2.45, 2.75) is 57.9 Å². The van der Waals surface area contributed by atoms with E-state index in [0.29, 0.717) is 53.3 Å². The van der Waals surface area contributed by atoms with E-state index in [1.54, 1.807) is 30.3 Å². The normalized spacial score (nSPS) is 22.0. The topological polar surface area (TPSA) is 75.9 Å². The molecule has 0 aromatic heterocycles. The molecule has 1 saturated carbocycles. The molecule has 1 atom stereocenters. The first-order valence-electron chi connectivity index (χ1n) is 13.7. The molecule has 2 N–H and O–H groups in total. The number of hydrogen-bond acceptors (Lipinski definition) is 4. The molecule has 2 saturated heterocycles. The Labute approximate surface area is 219 Å². The molecule has 37 heavy (non-hydrogen) atoms. The van der Waals surface area contributed by atoms with Crippen LogP contribution in [0.1, 0.15) is 62.2 Å². The minimum absolute atomic E-state index is 0.222. The molecule has 5 rings (SSSR count). The summed E-state index contributed by atoms with van der Waals surface area (Å²) in [7, 11) is 0. The molecule has 198 valence electrons. The highest BCUT2D eigenvalue weighted by Gasteiger charge is 2.35. The Bertz CT molecular complexity index is 1120. The summed E-state index contributed by atoms with van der Waals surface area (Å²) < 4.78 is 21.0. The monoisotopic (exact) mass is 507 g/mol. The Kier molecular flexibility index (Phi) is 7.52. The molecule has 2 aliphatic heterocycles. The molecular weight excluding hydrogens is 469 g/mol. The summed E-state index contributed by atoms with van der Waals surface area (Å²) in [6.07, 6.45) is 7.69. The van der Waals surface area contributed by atoms with Crippen LogP contribution in [0.15, 0.2) is 42.5 Å². The van der Waals surface area contributed by atoms with Crippen LogP contribution in [0.4, 0.5) is 4.39 Å². The number of halogens is 1. The van der Waals surface area contributed by atoms with Crippen LogP contribution in [0.2, 0.25) is 0 Å². The minimum Gasteiger partial charge on any atom is -0.493 e. The van der Waals surface area contributed by atoms with Crippen molar-refractivity contribution in [2.75, 3.05) is 32.8 Å². The van der Waals surface area contributed by atoms with Crippen molar-refractivity contribution in [2.24, 2.45) is 17.1 Å². The third kappa shape index (κ3) is 5.82. The molecule has 0 spiro atoms. The zero-order valence-electron chi connectivity index (χ0n) is 21.8. The maximum atomic E-state index is 15.0. The van der Waals surface area contributed by atoms with E-state index in [9.17, 15) is 14.0 Å². The van der Waals surface area contributed by atoms with Gasteiger partial charge in [0.1, 0.15) is 17.6 Å². The van der Waals surface area contributed by atoms with Crippen LogP contribution < -0.4 is 10.5 Å². The van der Waals surface area contributed by atoms with Gasteiger partial charge < -0.3 is 20.3 Å². The molecule has 0 bridgehead atoms. The van der Waals surface area contributed by atoms with Crippen LogP contribution in [0, 0.1) is 17.2 Å². The Morgan fingerprint density at radius 2 is 1.76 bits per heavy atom. The molecule has 1 aliphatic carbocycles. The number of carbonyl (C=O) groups excluding carboxylic acids is 2. The van der Waals surface area contributed by atoms with Gasteiger partial charge in [-0.3, -0.25) is 9.59 Å². The molecule has 3 aliphatic rings. The van der Waals surface area contributed by atoms with Crippen molar-refractivity contribution < 1.29 is 18.7 Å². The van der Waals surface area contributed by atoms with Crippen LogP contribution in [0.25, 0.3) is 11.1 Å². The van der Waals surface area contributed by atoms with Gasteiger partial charge in [-0.15, -0.1) is 0 Å². The average Bonchev–Trinajstić information content (AvgIpc) is 3.38. The molecule has 0 radical (unpaired) electrons. The highest BCUT2D eigenvalue weighted by molar-refractivity contribution is 5.98. The fourth-order valence-electron chi connectivity index (χ4n) is 6.09. The number of hydrogen-bond donors (Lipinski definition) is 1. The molecular formula is C30H38FN3O3. The number of amides is 2. The second-order valence-electron chi connectivity index (χ2n) is 11.5. The van der Waals surface area contributed by atoms with E-state index in [-0.39, 0.29) is 11.7 Å². The number of primary amides is 1. The van der Waals surface area contributed by atoms with Gasteiger partial charge in [0.05, 0.1) is 6.61 Å². The third-order valence-corrected chi connectivity index (χ3v) is 8.58. The number of ether oxygens (including phenoxy) is 1. The average molecular weight is 508 g/mol. The van der Waals surface area contributed by atoms with Crippen LogP contribution in [0.3, 0.4) is 0 Å². The Balaban J connectivity index is 1.14. The fraction of sp³-hybridized carbons (Fsp3) is 0.533. The highest BCUT2D eigenvalue weighted by Crippen LogP contribution is 2.41. The van der Waals surface area contributed by atoms with E-state index in [2.05, 4.69) is 11.8 Å². The number of nitrogens with two attached hydrogens (primary N) is 1. The van der Waals surface area contributed by atoms with E-state index in [0.717, 1.165) is 32.4 Å². The summed E-state index contributed by atoms with van der Waals surface area (Å²) in [5, 5.41) is 0. The second-order valence-corrected chi connectivity index (χ2v) is 11.5. The van der Waals surface area contributed by atoms with Crippen LogP contribution >= 0.6 is 0 Å². The van der Waals surface area contributed by atoms with E-state index in [4.69, 9.17) is 10.5 Å². The summed E-state index contributed by atoms with van der Waals surface area (Å²) >= 11 is 0. The molecule has 7 heteroatoms. The Morgan fingerprint density at radius 3 is 2.38 bits per heavy atom. The highest BCUT2D eigenvalue weighted by atomic mass is 19.1. The van der Waals surface area contributed by atoms with Crippen molar-refractivity contribution >= 4 is 11.8 Å².